The lowest BCUT2D eigenvalue weighted by atomic mass is 9.96. The molecule has 0 aliphatic carbocycles. The Kier molecular flexibility index (Phi) is 6.36. The number of hydrogen-bond donors (Lipinski definition) is 2. The third-order valence-corrected chi connectivity index (χ3v) is 4.65. The molecule has 23 heavy (non-hydrogen) atoms. The lowest BCUT2D eigenvalue weighted by Gasteiger charge is -2.26. The maximum Gasteiger partial charge on any atom is 0.402 e. The first-order valence-corrected chi connectivity index (χ1v) is 7.76. The summed E-state index contributed by atoms with van der Waals surface area (Å²) >= 11 is 0. The highest BCUT2D eigenvalue weighted by Crippen LogP contribution is 2.23. The summed E-state index contributed by atoms with van der Waals surface area (Å²) in [5, 5.41) is 2.56. The molecule has 0 aromatic heterocycles. The SMILES string of the molecule is Cl.O=S(=O)(NCC(F)(F)F)c1ccc2c(c1)CNC(C(F)F)C2. The molecule has 0 bridgehead atoms. The van der Waals surface area contributed by atoms with Crippen molar-refractivity contribution in [3.63, 3.8) is 0 Å². The largest absolute Gasteiger partial charge is 0.402 e. The molecular formula is C12H14ClF5N2O2S. The summed E-state index contributed by atoms with van der Waals surface area (Å²) in [6.45, 7) is -1.63. The van der Waals surface area contributed by atoms with Crippen LogP contribution in [0.5, 0.6) is 0 Å². The molecule has 1 heterocycles. The number of sulfonamides is 1. The van der Waals surface area contributed by atoms with Gasteiger partial charge in [0.2, 0.25) is 10.0 Å². The monoisotopic (exact) mass is 380 g/mol. The van der Waals surface area contributed by atoms with Crippen LogP contribution in [0.1, 0.15) is 11.1 Å². The van der Waals surface area contributed by atoms with E-state index in [1.54, 1.807) is 0 Å². The minimum atomic E-state index is -4.66. The number of hydrogen-bond acceptors (Lipinski definition) is 3. The van der Waals surface area contributed by atoms with Gasteiger partial charge in [-0.2, -0.15) is 13.2 Å². The number of rotatable bonds is 4. The topological polar surface area (TPSA) is 58.2 Å². The smallest absolute Gasteiger partial charge is 0.304 e. The van der Waals surface area contributed by atoms with Crippen molar-refractivity contribution in [2.45, 2.75) is 36.5 Å². The van der Waals surface area contributed by atoms with Crippen LogP contribution in [-0.4, -0.2) is 33.6 Å². The Morgan fingerprint density at radius 3 is 2.48 bits per heavy atom. The van der Waals surface area contributed by atoms with Gasteiger partial charge >= 0.3 is 6.18 Å². The highest BCUT2D eigenvalue weighted by atomic mass is 35.5. The molecule has 2 N–H and O–H groups in total. The third kappa shape index (κ3) is 5.27. The molecule has 0 saturated heterocycles. The van der Waals surface area contributed by atoms with Gasteiger partial charge in [-0.3, -0.25) is 0 Å². The van der Waals surface area contributed by atoms with Crippen LogP contribution in [0.25, 0.3) is 0 Å². The standard InChI is InChI=1S/C12H13F5N2O2S.ClH/c13-11(14)10-4-7-1-2-9(3-8(7)5-18-10)22(20,21)19-6-12(15,16)17;/h1-3,10-11,18-19H,4-6H2;1H. The van der Waals surface area contributed by atoms with Gasteiger partial charge in [-0.15, -0.1) is 12.4 Å². The molecule has 1 aliphatic heterocycles. The Morgan fingerprint density at radius 1 is 1.26 bits per heavy atom. The predicted octanol–water partition coefficient (Wildman–Crippen LogP) is 2.23. The molecule has 1 atom stereocenters. The first-order valence-electron chi connectivity index (χ1n) is 6.28. The minimum Gasteiger partial charge on any atom is -0.304 e. The molecule has 1 aromatic rings. The molecule has 4 nitrogen and oxygen atoms in total. The van der Waals surface area contributed by atoms with Gasteiger partial charge in [-0.25, -0.2) is 21.9 Å². The summed E-state index contributed by atoms with van der Waals surface area (Å²) in [5.74, 6) is 0. The van der Waals surface area contributed by atoms with Crippen molar-refractivity contribution in [2.24, 2.45) is 0 Å². The summed E-state index contributed by atoms with van der Waals surface area (Å²) in [5.41, 5.74) is 1.03. The molecule has 1 aliphatic rings. The number of nitrogens with one attached hydrogen (secondary N) is 2. The Morgan fingerprint density at radius 2 is 1.91 bits per heavy atom. The fourth-order valence-electron chi connectivity index (χ4n) is 2.12. The predicted molar refractivity (Wildman–Crippen MR) is 75.3 cm³/mol. The summed E-state index contributed by atoms with van der Waals surface area (Å²) in [6.07, 6.45) is -7.18. The van der Waals surface area contributed by atoms with E-state index in [2.05, 4.69) is 5.32 Å². The summed E-state index contributed by atoms with van der Waals surface area (Å²) < 4.78 is 86.5. The average Bonchev–Trinajstić information content (AvgIpc) is 2.43. The van der Waals surface area contributed by atoms with E-state index in [1.165, 1.54) is 16.9 Å². The van der Waals surface area contributed by atoms with Gasteiger partial charge in [-0.1, -0.05) is 6.07 Å². The van der Waals surface area contributed by atoms with Crippen LogP contribution >= 0.6 is 12.4 Å². The zero-order chi connectivity index (χ0) is 16.5. The lowest BCUT2D eigenvalue weighted by molar-refractivity contribution is -0.121. The Bertz CT molecular complexity index is 651. The molecule has 0 spiro atoms. The molecule has 0 radical (unpaired) electrons. The highest BCUT2D eigenvalue weighted by molar-refractivity contribution is 7.89. The van der Waals surface area contributed by atoms with Gasteiger partial charge < -0.3 is 5.32 Å². The molecule has 2 rings (SSSR count). The van der Waals surface area contributed by atoms with Gasteiger partial charge in [0.05, 0.1) is 10.9 Å². The quantitative estimate of drug-likeness (QED) is 0.788. The summed E-state index contributed by atoms with van der Waals surface area (Å²) in [7, 11) is -4.30. The fraction of sp³-hybridized carbons (Fsp3) is 0.500. The number of halogens is 6. The van der Waals surface area contributed by atoms with E-state index in [0.29, 0.717) is 11.1 Å². The molecule has 1 aromatic carbocycles. The number of fused-ring (bicyclic) bond motifs is 1. The Labute approximate surface area is 135 Å². The van der Waals surface area contributed by atoms with E-state index in [9.17, 15) is 30.4 Å². The Hall–Kier alpha value is -0.970. The molecule has 11 heteroatoms. The first-order chi connectivity index (χ1) is 10.1. The molecule has 0 saturated carbocycles. The van der Waals surface area contributed by atoms with Crippen LogP contribution < -0.4 is 10.0 Å². The molecular weight excluding hydrogens is 367 g/mol. The van der Waals surface area contributed by atoms with Crippen LogP contribution in [0.15, 0.2) is 23.1 Å². The second kappa shape index (κ2) is 7.29. The van der Waals surface area contributed by atoms with Crippen molar-refractivity contribution >= 4 is 22.4 Å². The normalized spacial score (nSPS) is 18.4. The maximum atomic E-state index is 12.6. The second-order valence-corrected chi connectivity index (χ2v) is 6.66. The van der Waals surface area contributed by atoms with E-state index in [0.717, 1.165) is 6.07 Å². The van der Waals surface area contributed by atoms with Gasteiger partial charge in [0.1, 0.15) is 6.54 Å². The molecule has 1 unspecified atom stereocenters. The van der Waals surface area contributed by atoms with Gasteiger partial charge in [0.15, 0.2) is 0 Å². The van der Waals surface area contributed by atoms with Crippen molar-refractivity contribution in [1.82, 2.24) is 10.0 Å². The van der Waals surface area contributed by atoms with Gasteiger partial charge in [-0.05, 0) is 29.7 Å². The zero-order valence-electron chi connectivity index (χ0n) is 11.5. The Balaban J connectivity index is 0.00000264. The molecule has 0 fully saturated rings. The number of alkyl halides is 5. The number of benzene rings is 1. The van der Waals surface area contributed by atoms with E-state index in [1.807, 2.05) is 0 Å². The average molecular weight is 381 g/mol. The van der Waals surface area contributed by atoms with Crippen LogP contribution in [0.3, 0.4) is 0 Å². The van der Waals surface area contributed by atoms with Crippen LogP contribution in [-0.2, 0) is 23.0 Å². The van der Waals surface area contributed by atoms with Crippen molar-refractivity contribution in [1.29, 1.82) is 0 Å². The van der Waals surface area contributed by atoms with Crippen molar-refractivity contribution in [2.75, 3.05) is 6.54 Å². The lowest BCUT2D eigenvalue weighted by Crippen LogP contribution is -2.41. The summed E-state index contributed by atoms with van der Waals surface area (Å²) in [6, 6.07) is 2.65. The zero-order valence-corrected chi connectivity index (χ0v) is 13.2. The van der Waals surface area contributed by atoms with E-state index in [-0.39, 0.29) is 30.3 Å². The van der Waals surface area contributed by atoms with Crippen molar-refractivity contribution in [3.05, 3.63) is 29.3 Å². The van der Waals surface area contributed by atoms with E-state index >= 15 is 0 Å². The summed E-state index contributed by atoms with van der Waals surface area (Å²) in [4.78, 5) is -0.326. The van der Waals surface area contributed by atoms with Crippen LogP contribution in [0.4, 0.5) is 22.0 Å². The van der Waals surface area contributed by atoms with Gasteiger partial charge in [0, 0.05) is 6.54 Å². The van der Waals surface area contributed by atoms with E-state index < -0.39 is 35.2 Å². The second-order valence-electron chi connectivity index (χ2n) is 4.90. The molecule has 132 valence electrons. The first kappa shape index (κ1) is 20.1. The van der Waals surface area contributed by atoms with Crippen LogP contribution in [0, 0.1) is 0 Å². The maximum absolute atomic E-state index is 12.6. The van der Waals surface area contributed by atoms with Crippen LogP contribution in [0.2, 0.25) is 0 Å². The van der Waals surface area contributed by atoms with E-state index in [4.69, 9.17) is 0 Å². The van der Waals surface area contributed by atoms with Gasteiger partial charge in [0.25, 0.3) is 6.43 Å². The fourth-order valence-corrected chi connectivity index (χ4v) is 3.19. The minimum absolute atomic E-state index is 0. The third-order valence-electron chi connectivity index (χ3n) is 3.25. The molecule has 0 amide bonds. The van der Waals surface area contributed by atoms with Crippen molar-refractivity contribution < 1.29 is 30.4 Å². The highest BCUT2D eigenvalue weighted by Gasteiger charge is 2.31. The van der Waals surface area contributed by atoms with Crippen molar-refractivity contribution in [3.8, 4) is 0 Å².